The van der Waals surface area contributed by atoms with Gasteiger partial charge in [0.1, 0.15) is 0 Å². The Morgan fingerprint density at radius 2 is 1.65 bits per heavy atom. The molecule has 1 aliphatic rings. The first-order chi connectivity index (χ1) is 7.97. The van der Waals surface area contributed by atoms with Gasteiger partial charge in [-0.3, -0.25) is 0 Å². The van der Waals surface area contributed by atoms with E-state index in [2.05, 4.69) is 47.3 Å². The number of hydrogen-bond donors (Lipinski definition) is 0. The van der Waals surface area contributed by atoms with Crippen LogP contribution in [0.25, 0.3) is 0 Å². The standard InChI is InChI=1S/C17H30/c1-7-17(14(5)12(2)3)15(6)16-10-8-13(4)9-11-16/h7,12-14,16H,6,8-11H2,1-5H3/b17-7+. The smallest absolute Gasteiger partial charge is 0.0165 e. The van der Waals surface area contributed by atoms with Gasteiger partial charge in [0.2, 0.25) is 0 Å². The molecule has 1 rings (SSSR count). The van der Waals surface area contributed by atoms with Crippen molar-refractivity contribution in [1.29, 1.82) is 0 Å². The van der Waals surface area contributed by atoms with Gasteiger partial charge in [0.25, 0.3) is 0 Å². The molecule has 1 fully saturated rings. The highest BCUT2D eigenvalue weighted by Gasteiger charge is 2.24. The van der Waals surface area contributed by atoms with E-state index >= 15 is 0 Å². The van der Waals surface area contributed by atoms with Gasteiger partial charge in [-0.05, 0) is 54.6 Å². The lowest BCUT2D eigenvalue weighted by molar-refractivity contribution is 0.318. The zero-order valence-electron chi connectivity index (χ0n) is 12.4. The maximum Gasteiger partial charge on any atom is -0.0165 e. The Bertz CT molecular complexity index is 274. The molecule has 1 atom stereocenters. The summed E-state index contributed by atoms with van der Waals surface area (Å²) in [5, 5.41) is 0. The first kappa shape index (κ1) is 14.5. The molecule has 17 heavy (non-hydrogen) atoms. The molecule has 0 spiro atoms. The van der Waals surface area contributed by atoms with Crippen LogP contribution in [-0.4, -0.2) is 0 Å². The van der Waals surface area contributed by atoms with Crippen LogP contribution in [0.15, 0.2) is 23.8 Å². The Hall–Kier alpha value is -0.520. The van der Waals surface area contributed by atoms with Crippen LogP contribution in [0.3, 0.4) is 0 Å². The van der Waals surface area contributed by atoms with Crippen LogP contribution < -0.4 is 0 Å². The average molecular weight is 234 g/mol. The summed E-state index contributed by atoms with van der Waals surface area (Å²) in [7, 11) is 0. The van der Waals surface area contributed by atoms with E-state index in [1.165, 1.54) is 36.8 Å². The van der Waals surface area contributed by atoms with Crippen LogP contribution in [0.5, 0.6) is 0 Å². The Morgan fingerprint density at radius 1 is 1.12 bits per heavy atom. The van der Waals surface area contributed by atoms with Crippen LogP contribution in [0.1, 0.15) is 60.3 Å². The third kappa shape index (κ3) is 3.72. The normalized spacial score (nSPS) is 28.2. The van der Waals surface area contributed by atoms with Gasteiger partial charge < -0.3 is 0 Å². The minimum atomic E-state index is 0.645. The molecule has 98 valence electrons. The van der Waals surface area contributed by atoms with Crippen molar-refractivity contribution in [2.24, 2.45) is 23.7 Å². The number of hydrogen-bond acceptors (Lipinski definition) is 0. The van der Waals surface area contributed by atoms with Crippen LogP contribution in [0, 0.1) is 23.7 Å². The van der Waals surface area contributed by atoms with Gasteiger partial charge in [-0.1, -0.05) is 53.2 Å². The fourth-order valence-corrected chi connectivity index (χ4v) is 2.94. The Labute approximate surface area is 108 Å². The predicted molar refractivity (Wildman–Crippen MR) is 78.0 cm³/mol. The van der Waals surface area contributed by atoms with Crippen molar-refractivity contribution in [3.63, 3.8) is 0 Å². The molecule has 0 aromatic heterocycles. The first-order valence-electron chi connectivity index (χ1n) is 7.32. The van der Waals surface area contributed by atoms with E-state index in [1.807, 2.05) is 0 Å². The molecule has 0 N–H and O–H groups in total. The predicted octanol–water partition coefficient (Wildman–Crippen LogP) is 5.61. The second kappa shape index (κ2) is 6.42. The van der Waals surface area contributed by atoms with Gasteiger partial charge in [0.15, 0.2) is 0 Å². The molecule has 0 bridgehead atoms. The summed E-state index contributed by atoms with van der Waals surface area (Å²) < 4.78 is 0. The Morgan fingerprint density at radius 3 is 2.06 bits per heavy atom. The van der Waals surface area contributed by atoms with Gasteiger partial charge >= 0.3 is 0 Å². The fourth-order valence-electron chi connectivity index (χ4n) is 2.94. The van der Waals surface area contributed by atoms with Crippen LogP contribution in [0.2, 0.25) is 0 Å². The minimum Gasteiger partial charge on any atom is -0.0953 e. The van der Waals surface area contributed by atoms with E-state index < -0.39 is 0 Å². The first-order valence-corrected chi connectivity index (χ1v) is 7.32. The molecule has 0 heteroatoms. The third-order valence-electron chi connectivity index (χ3n) is 4.68. The van der Waals surface area contributed by atoms with E-state index in [0.717, 1.165) is 11.8 Å². The van der Waals surface area contributed by atoms with Crippen LogP contribution in [-0.2, 0) is 0 Å². The lowest BCUT2D eigenvalue weighted by Gasteiger charge is -2.31. The van der Waals surface area contributed by atoms with Gasteiger partial charge in [-0.25, -0.2) is 0 Å². The van der Waals surface area contributed by atoms with E-state index in [4.69, 9.17) is 0 Å². The molecule has 0 aromatic carbocycles. The third-order valence-corrected chi connectivity index (χ3v) is 4.68. The molecular weight excluding hydrogens is 204 g/mol. The Kier molecular flexibility index (Phi) is 5.49. The quantitative estimate of drug-likeness (QED) is 0.555. The zero-order valence-corrected chi connectivity index (χ0v) is 12.4. The summed E-state index contributed by atoms with van der Waals surface area (Å²) >= 11 is 0. The molecule has 1 unspecified atom stereocenters. The van der Waals surface area contributed by atoms with Gasteiger partial charge in [0, 0.05) is 0 Å². The van der Waals surface area contributed by atoms with Gasteiger partial charge in [0.05, 0.1) is 0 Å². The van der Waals surface area contributed by atoms with E-state index in [-0.39, 0.29) is 0 Å². The van der Waals surface area contributed by atoms with Gasteiger partial charge in [-0.2, -0.15) is 0 Å². The molecule has 0 radical (unpaired) electrons. The molecule has 0 aliphatic heterocycles. The molecule has 0 aromatic rings. The monoisotopic (exact) mass is 234 g/mol. The maximum atomic E-state index is 4.41. The minimum absolute atomic E-state index is 0.645. The lowest BCUT2D eigenvalue weighted by Crippen LogP contribution is -2.18. The molecule has 1 saturated carbocycles. The second-order valence-corrected chi connectivity index (χ2v) is 6.26. The highest BCUT2D eigenvalue weighted by atomic mass is 14.3. The molecular formula is C17H30. The van der Waals surface area contributed by atoms with Crippen LogP contribution >= 0.6 is 0 Å². The van der Waals surface area contributed by atoms with Crippen molar-refractivity contribution in [3.05, 3.63) is 23.8 Å². The number of allylic oxidation sites excluding steroid dienone is 3. The molecule has 0 saturated heterocycles. The topological polar surface area (TPSA) is 0 Å². The van der Waals surface area contributed by atoms with Crippen molar-refractivity contribution >= 4 is 0 Å². The number of rotatable bonds is 4. The average Bonchev–Trinajstić information content (AvgIpc) is 2.30. The maximum absolute atomic E-state index is 4.41. The highest BCUT2D eigenvalue weighted by molar-refractivity contribution is 5.32. The second-order valence-electron chi connectivity index (χ2n) is 6.26. The molecule has 0 heterocycles. The zero-order chi connectivity index (χ0) is 13.0. The highest BCUT2D eigenvalue weighted by Crippen LogP contribution is 2.38. The summed E-state index contributed by atoms with van der Waals surface area (Å²) in [6, 6.07) is 0. The molecule has 0 amide bonds. The van der Waals surface area contributed by atoms with Crippen molar-refractivity contribution in [3.8, 4) is 0 Å². The summed E-state index contributed by atoms with van der Waals surface area (Å²) in [6.45, 7) is 15.9. The molecule has 1 aliphatic carbocycles. The van der Waals surface area contributed by atoms with Crippen molar-refractivity contribution in [1.82, 2.24) is 0 Å². The van der Waals surface area contributed by atoms with Crippen molar-refractivity contribution in [2.45, 2.75) is 60.3 Å². The van der Waals surface area contributed by atoms with Crippen LogP contribution in [0.4, 0.5) is 0 Å². The summed E-state index contributed by atoms with van der Waals surface area (Å²) in [5.41, 5.74) is 2.94. The van der Waals surface area contributed by atoms with Crippen molar-refractivity contribution in [2.75, 3.05) is 0 Å². The van der Waals surface area contributed by atoms with Crippen molar-refractivity contribution < 1.29 is 0 Å². The summed E-state index contributed by atoms with van der Waals surface area (Å²) in [5.74, 6) is 3.03. The van der Waals surface area contributed by atoms with E-state index in [9.17, 15) is 0 Å². The van der Waals surface area contributed by atoms with E-state index in [0.29, 0.717) is 11.8 Å². The SMILES string of the molecule is C=C(/C(=C/C)C(C)C(C)C)C1CCC(C)CC1. The fraction of sp³-hybridized carbons (Fsp3) is 0.765. The molecule has 0 nitrogen and oxygen atoms in total. The summed E-state index contributed by atoms with van der Waals surface area (Å²) in [4.78, 5) is 0. The van der Waals surface area contributed by atoms with Gasteiger partial charge in [-0.15, -0.1) is 0 Å². The Balaban J connectivity index is 2.67. The van der Waals surface area contributed by atoms with E-state index in [1.54, 1.807) is 0 Å². The summed E-state index contributed by atoms with van der Waals surface area (Å²) in [6.07, 6.45) is 7.77. The lowest BCUT2D eigenvalue weighted by atomic mass is 9.74. The largest absolute Gasteiger partial charge is 0.0953 e.